The summed E-state index contributed by atoms with van der Waals surface area (Å²) in [6.07, 6.45) is 0. The largest absolute Gasteiger partial charge is 1.00 e. The Morgan fingerprint density at radius 3 is 2.71 bits per heavy atom. The van der Waals surface area contributed by atoms with E-state index in [0.717, 1.165) is 5.56 Å². The number of benzene rings is 1. The van der Waals surface area contributed by atoms with Crippen LogP contribution in [0.2, 0.25) is 5.02 Å². The number of para-hydroxylation sites is 1. The van der Waals surface area contributed by atoms with Crippen LogP contribution in [0.1, 0.15) is 5.56 Å². The summed E-state index contributed by atoms with van der Waals surface area (Å²) in [5, 5.41) is 10.5. The van der Waals surface area contributed by atoms with Crippen LogP contribution >= 0.6 is 11.6 Å². The Morgan fingerprint density at radius 2 is 2.21 bits per heavy atom. The molecule has 5 heteroatoms. The van der Waals surface area contributed by atoms with Crippen molar-refractivity contribution in [1.82, 2.24) is 0 Å². The van der Waals surface area contributed by atoms with Crippen molar-refractivity contribution in [3.05, 3.63) is 28.8 Å². The number of carbonyl (C=O) groups excluding carboxylic acids is 1. The molecule has 0 saturated carbocycles. The van der Waals surface area contributed by atoms with Gasteiger partial charge in [-0.05, 0) is 18.6 Å². The van der Waals surface area contributed by atoms with E-state index in [9.17, 15) is 9.90 Å². The minimum absolute atomic E-state index is 0. The number of hydrogen-bond donors (Lipinski definition) is 0. The third-order valence-electron chi connectivity index (χ3n) is 1.50. The zero-order valence-electron chi connectivity index (χ0n) is 8.04. The van der Waals surface area contributed by atoms with Crippen molar-refractivity contribution < 1.29 is 44.2 Å². The molecule has 1 aromatic rings. The molecule has 0 fully saturated rings. The fourth-order valence-electron chi connectivity index (χ4n) is 0.931. The van der Waals surface area contributed by atoms with Crippen molar-refractivity contribution in [2.45, 2.75) is 6.92 Å². The Balaban J connectivity index is 0.00000169. The second-order valence-corrected chi connectivity index (χ2v) is 2.95. The normalized spacial score (nSPS) is 9.00. The molecule has 0 aliphatic heterocycles. The Bertz CT molecular complexity index is 308. The molecule has 0 N–H and O–H groups in total. The first kappa shape index (κ1) is 13.8. The molecule has 1 aromatic carbocycles. The third-order valence-corrected chi connectivity index (χ3v) is 1.80. The average Bonchev–Trinajstić information content (AvgIpc) is 2.03. The molecule has 0 atom stereocenters. The first-order valence-corrected chi connectivity index (χ1v) is 4.07. The second-order valence-electron chi connectivity index (χ2n) is 2.55. The summed E-state index contributed by atoms with van der Waals surface area (Å²) in [5.41, 5.74) is 0.800. The molecule has 0 spiro atoms. The Labute approximate surface area is 109 Å². The number of rotatable bonds is 3. The van der Waals surface area contributed by atoms with Crippen LogP contribution in [0.25, 0.3) is 0 Å². The van der Waals surface area contributed by atoms with E-state index in [4.69, 9.17) is 16.3 Å². The predicted octanol–water partition coefficient (Wildman–Crippen LogP) is -2.22. The van der Waals surface area contributed by atoms with E-state index in [2.05, 4.69) is 0 Å². The molecule has 14 heavy (non-hydrogen) atoms. The van der Waals surface area contributed by atoms with Crippen molar-refractivity contribution in [1.29, 1.82) is 0 Å². The maximum absolute atomic E-state index is 10.1. The van der Waals surface area contributed by atoms with Gasteiger partial charge in [0.1, 0.15) is 12.4 Å². The minimum atomic E-state index is -1.26. The average molecular weight is 223 g/mol. The molecule has 70 valence electrons. The van der Waals surface area contributed by atoms with Gasteiger partial charge in [-0.2, -0.15) is 0 Å². The fraction of sp³-hybridized carbons (Fsp3) is 0.222. The molecule has 0 bridgehead atoms. The van der Waals surface area contributed by atoms with E-state index >= 15 is 0 Å². The zero-order chi connectivity index (χ0) is 9.84. The molecule has 0 saturated heterocycles. The minimum Gasteiger partial charge on any atom is -0.546 e. The van der Waals surface area contributed by atoms with Gasteiger partial charge < -0.3 is 14.6 Å². The third kappa shape index (κ3) is 3.88. The maximum Gasteiger partial charge on any atom is 1.00 e. The first-order chi connectivity index (χ1) is 6.11. The van der Waals surface area contributed by atoms with E-state index in [-0.39, 0.29) is 29.6 Å². The number of ether oxygens (including phenoxy) is 1. The van der Waals surface area contributed by atoms with Crippen molar-refractivity contribution in [2.24, 2.45) is 0 Å². The van der Waals surface area contributed by atoms with Gasteiger partial charge in [-0.25, -0.2) is 0 Å². The molecular formula is C9H8ClNaO3. The van der Waals surface area contributed by atoms with Crippen LogP contribution < -0.4 is 39.4 Å². The van der Waals surface area contributed by atoms with Gasteiger partial charge in [0.25, 0.3) is 0 Å². The topological polar surface area (TPSA) is 49.4 Å². The van der Waals surface area contributed by atoms with Crippen molar-refractivity contribution >= 4 is 17.6 Å². The summed E-state index contributed by atoms with van der Waals surface area (Å²) in [6.45, 7) is 1.31. The molecule has 0 aromatic heterocycles. The Morgan fingerprint density at radius 1 is 1.57 bits per heavy atom. The van der Waals surface area contributed by atoms with Crippen LogP contribution in [-0.4, -0.2) is 12.6 Å². The van der Waals surface area contributed by atoms with Gasteiger partial charge in [0.2, 0.25) is 0 Å². The summed E-state index contributed by atoms with van der Waals surface area (Å²) in [6, 6.07) is 5.19. The molecule has 0 heterocycles. The van der Waals surface area contributed by atoms with Crippen LogP contribution in [0.15, 0.2) is 18.2 Å². The number of carboxylic acids is 1. The Kier molecular flexibility index (Phi) is 6.20. The number of aryl methyl sites for hydroxylation is 1. The zero-order valence-corrected chi connectivity index (χ0v) is 10.8. The van der Waals surface area contributed by atoms with Gasteiger partial charge in [0, 0.05) is 0 Å². The monoisotopic (exact) mass is 222 g/mol. The summed E-state index contributed by atoms with van der Waals surface area (Å²) < 4.78 is 4.94. The molecule has 0 aliphatic rings. The van der Waals surface area contributed by atoms with Crippen molar-refractivity contribution in [3.8, 4) is 5.75 Å². The number of aliphatic carboxylic acids is 1. The van der Waals surface area contributed by atoms with Crippen LogP contribution in [0.5, 0.6) is 5.75 Å². The standard InChI is InChI=1S/C9H9ClO3.Na/c1-6-3-2-4-7(10)9(6)13-5-8(11)12;/h2-4H,5H2,1H3,(H,11,12);/q;+1/p-1. The SMILES string of the molecule is Cc1cccc(Cl)c1OCC(=O)[O-].[Na+]. The second kappa shape index (κ2) is 6.30. The van der Waals surface area contributed by atoms with Gasteiger partial charge in [0.15, 0.2) is 0 Å². The first-order valence-electron chi connectivity index (χ1n) is 3.69. The van der Waals surface area contributed by atoms with Crippen LogP contribution in [0.4, 0.5) is 0 Å². The fourth-order valence-corrected chi connectivity index (χ4v) is 1.21. The van der Waals surface area contributed by atoms with E-state index < -0.39 is 12.6 Å². The molecular weight excluding hydrogens is 215 g/mol. The molecule has 1 rings (SSSR count). The van der Waals surface area contributed by atoms with Gasteiger partial charge in [-0.1, -0.05) is 23.7 Å². The summed E-state index contributed by atoms with van der Waals surface area (Å²) in [7, 11) is 0. The van der Waals surface area contributed by atoms with Gasteiger partial charge in [0.05, 0.1) is 11.0 Å². The number of carboxylic acid groups (broad SMARTS) is 1. The number of halogens is 1. The molecule has 0 aliphatic carbocycles. The van der Waals surface area contributed by atoms with Gasteiger partial charge in [-0.15, -0.1) is 0 Å². The number of carbonyl (C=O) groups is 1. The predicted molar refractivity (Wildman–Crippen MR) is 46.7 cm³/mol. The molecule has 0 amide bonds. The van der Waals surface area contributed by atoms with Crippen LogP contribution in [0, 0.1) is 6.92 Å². The van der Waals surface area contributed by atoms with E-state index in [1.54, 1.807) is 25.1 Å². The quantitative estimate of drug-likeness (QED) is 0.545. The van der Waals surface area contributed by atoms with E-state index in [1.807, 2.05) is 0 Å². The summed E-state index contributed by atoms with van der Waals surface area (Å²) in [4.78, 5) is 10.1. The van der Waals surface area contributed by atoms with Crippen LogP contribution in [0.3, 0.4) is 0 Å². The number of hydrogen-bond acceptors (Lipinski definition) is 3. The smallest absolute Gasteiger partial charge is 0.546 e. The Hall–Kier alpha value is -0.220. The maximum atomic E-state index is 10.1. The van der Waals surface area contributed by atoms with E-state index in [0.29, 0.717) is 10.8 Å². The summed E-state index contributed by atoms with van der Waals surface area (Å²) in [5.74, 6) is -0.868. The molecule has 0 unspecified atom stereocenters. The molecule has 3 nitrogen and oxygen atoms in total. The van der Waals surface area contributed by atoms with Crippen molar-refractivity contribution in [3.63, 3.8) is 0 Å². The van der Waals surface area contributed by atoms with Gasteiger partial charge >= 0.3 is 29.6 Å². The van der Waals surface area contributed by atoms with Crippen LogP contribution in [-0.2, 0) is 4.79 Å². The van der Waals surface area contributed by atoms with Crippen molar-refractivity contribution in [2.75, 3.05) is 6.61 Å². The summed E-state index contributed by atoms with van der Waals surface area (Å²) >= 11 is 5.77. The molecule has 0 radical (unpaired) electrons. The van der Waals surface area contributed by atoms with Gasteiger partial charge in [-0.3, -0.25) is 0 Å². The van der Waals surface area contributed by atoms with E-state index in [1.165, 1.54) is 0 Å².